The van der Waals surface area contributed by atoms with Crippen LogP contribution in [0.25, 0.3) is 0 Å². The number of imide groups is 1. The van der Waals surface area contributed by atoms with E-state index in [1.807, 2.05) is 18.2 Å². The second kappa shape index (κ2) is 6.57. The number of nitrogens with zero attached hydrogens (tertiary/aromatic N) is 1. The van der Waals surface area contributed by atoms with Crippen molar-refractivity contribution in [2.24, 2.45) is 0 Å². The van der Waals surface area contributed by atoms with Crippen LogP contribution in [-0.2, 0) is 15.6 Å². The van der Waals surface area contributed by atoms with Gasteiger partial charge in [-0.2, -0.15) is 0 Å². The Hall–Kier alpha value is -1.47. The monoisotopic (exact) mass is 337 g/mol. The van der Waals surface area contributed by atoms with E-state index in [0.717, 1.165) is 18.7 Å². The predicted octanol–water partition coefficient (Wildman–Crippen LogP) is 0.684. The number of urea groups is 1. The Balaban J connectivity index is 1.70. The first kappa shape index (κ1) is 16.4. The zero-order valence-corrected chi connectivity index (χ0v) is 14.2. The second-order valence-electron chi connectivity index (χ2n) is 6.42. The van der Waals surface area contributed by atoms with Gasteiger partial charge in [0, 0.05) is 17.1 Å². The molecule has 126 valence electrons. The molecule has 0 aromatic heterocycles. The largest absolute Gasteiger partial charge is 0.325 e. The number of nitrogens with one attached hydrogen (secondary N) is 2. The molecule has 3 amide bonds. The number of allylic oxidation sites excluding steroid dienone is 2. The lowest BCUT2D eigenvalue weighted by Crippen LogP contribution is -2.53. The van der Waals surface area contributed by atoms with E-state index >= 15 is 0 Å². The second-order valence-corrected chi connectivity index (χ2v) is 8.02. The average molecular weight is 337 g/mol. The summed E-state index contributed by atoms with van der Waals surface area (Å²) in [5.74, 6) is -0.103. The van der Waals surface area contributed by atoms with E-state index < -0.39 is 16.3 Å². The first-order chi connectivity index (χ1) is 11.0. The van der Waals surface area contributed by atoms with Gasteiger partial charge in [0.25, 0.3) is 5.91 Å². The summed E-state index contributed by atoms with van der Waals surface area (Å²) in [6.07, 6.45) is 10.4. The van der Waals surface area contributed by atoms with Crippen LogP contribution in [0.15, 0.2) is 23.8 Å². The fourth-order valence-electron chi connectivity index (χ4n) is 3.41. The molecule has 3 aliphatic rings. The van der Waals surface area contributed by atoms with Crippen LogP contribution in [0.1, 0.15) is 25.7 Å². The van der Waals surface area contributed by atoms with Crippen molar-refractivity contribution in [3.63, 3.8) is 0 Å². The number of amides is 3. The Bertz CT molecular complexity index is 593. The molecule has 0 saturated carbocycles. The van der Waals surface area contributed by atoms with Crippen molar-refractivity contribution in [2.75, 3.05) is 25.9 Å². The molecule has 1 aliphatic carbocycles. The summed E-state index contributed by atoms with van der Waals surface area (Å²) in [6, 6.07) is -0.290. The third-order valence-electron chi connectivity index (χ3n) is 4.86. The van der Waals surface area contributed by atoms with Gasteiger partial charge in [0.2, 0.25) is 0 Å². The van der Waals surface area contributed by atoms with Crippen LogP contribution in [0.3, 0.4) is 0 Å². The van der Waals surface area contributed by atoms with E-state index in [4.69, 9.17) is 0 Å². The minimum absolute atomic E-state index is 0.0198. The summed E-state index contributed by atoms with van der Waals surface area (Å²) < 4.78 is 11.6. The molecule has 2 unspecified atom stereocenters. The highest BCUT2D eigenvalue weighted by atomic mass is 32.2. The van der Waals surface area contributed by atoms with Gasteiger partial charge in [0.1, 0.15) is 5.54 Å². The van der Waals surface area contributed by atoms with Gasteiger partial charge in [-0.3, -0.25) is 13.9 Å². The molecule has 0 bridgehead atoms. The predicted molar refractivity (Wildman–Crippen MR) is 89.4 cm³/mol. The number of rotatable bonds is 3. The number of carbonyl (C=O) groups is 2. The fraction of sp³-hybridized carbons (Fsp3) is 0.625. The molecule has 23 heavy (non-hydrogen) atoms. The Morgan fingerprint density at radius 1 is 1.35 bits per heavy atom. The molecule has 6 nitrogen and oxygen atoms in total. The van der Waals surface area contributed by atoms with E-state index in [2.05, 4.69) is 10.6 Å². The van der Waals surface area contributed by atoms with Crippen molar-refractivity contribution in [3.8, 4) is 0 Å². The molecule has 2 atom stereocenters. The van der Waals surface area contributed by atoms with Crippen LogP contribution in [-0.4, -0.2) is 57.7 Å². The van der Waals surface area contributed by atoms with E-state index in [9.17, 15) is 13.8 Å². The molecule has 2 heterocycles. The lowest BCUT2D eigenvalue weighted by atomic mass is 9.88. The van der Waals surface area contributed by atoms with Crippen LogP contribution >= 0.6 is 0 Å². The van der Waals surface area contributed by atoms with Gasteiger partial charge >= 0.3 is 6.03 Å². The van der Waals surface area contributed by atoms with Crippen molar-refractivity contribution < 1.29 is 13.8 Å². The molecule has 2 saturated heterocycles. The van der Waals surface area contributed by atoms with E-state index in [-0.39, 0.29) is 17.2 Å². The summed E-state index contributed by atoms with van der Waals surface area (Å²) in [7, 11) is -0.903. The van der Waals surface area contributed by atoms with Crippen LogP contribution in [0.2, 0.25) is 0 Å². The molecular weight excluding hydrogens is 314 g/mol. The summed E-state index contributed by atoms with van der Waals surface area (Å²) in [6.45, 7) is 1.82. The van der Waals surface area contributed by atoms with Gasteiger partial charge in [-0.1, -0.05) is 23.8 Å². The quantitative estimate of drug-likeness (QED) is 0.586. The highest BCUT2D eigenvalue weighted by Gasteiger charge is 2.51. The van der Waals surface area contributed by atoms with Crippen molar-refractivity contribution in [1.82, 2.24) is 15.5 Å². The maximum Gasteiger partial charge on any atom is 0.325 e. The van der Waals surface area contributed by atoms with Crippen molar-refractivity contribution >= 4 is 22.7 Å². The van der Waals surface area contributed by atoms with Crippen LogP contribution in [0.5, 0.6) is 0 Å². The summed E-state index contributed by atoms with van der Waals surface area (Å²) in [5, 5.41) is 6.14. The molecule has 3 rings (SSSR count). The topological polar surface area (TPSA) is 78.5 Å². The zero-order chi connectivity index (χ0) is 16.4. The Kier molecular flexibility index (Phi) is 4.68. The Morgan fingerprint density at radius 3 is 2.78 bits per heavy atom. The molecule has 2 aliphatic heterocycles. The van der Waals surface area contributed by atoms with E-state index in [1.165, 1.54) is 4.90 Å². The smallest absolute Gasteiger partial charge is 0.323 e. The van der Waals surface area contributed by atoms with Crippen LogP contribution < -0.4 is 10.6 Å². The average Bonchev–Trinajstić information content (AvgIpc) is 2.72. The highest BCUT2D eigenvalue weighted by molar-refractivity contribution is 7.85. The van der Waals surface area contributed by atoms with Gasteiger partial charge in [0.05, 0.1) is 11.8 Å². The maximum absolute atomic E-state index is 12.7. The van der Waals surface area contributed by atoms with Gasteiger partial charge in [-0.15, -0.1) is 0 Å². The lowest BCUT2D eigenvalue weighted by Gasteiger charge is -2.31. The third kappa shape index (κ3) is 3.26. The lowest BCUT2D eigenvalue weighted by molar-refractivity contribution is -0.131. The minimum Gasteiger partial charge on any atom is -0.323 e. The third-order valence-corrected chi connectivity index (χ3v) is 6.06. The summed E-state index contributed by atoms with van der Waals surface area (Å²) in [4.78, 5) is 26.4. The van der Waals surface area contributed by atoms with Crippen molar-refractivity contribution in [2.45, 2.75) is 36.5 Å². The number of hydrogen-bond acceptors (Lipinski definition) is 4. The molecule has 7 heteroatoms. The van der Waals surface area contributed by atoms with Gasteiger partial charge in [-0.05, 0) is 38.8 Å². The summed E-state index contributed by atoms with van der Waals surface area (Å²) >= 11 is 0. The fourth-order valence-corrected chi connectivity index (χ4v) is 4.11. The minimum atomic E-state index is -0.903. The normalized spacial score (nSPS) is 28.5. The van der Waals surface area contributed by atoms with Crippen molar-refractivity contribution in [3.05, 3.63) is 23.8 Å². The number of hydrogen-bond donors (Lipinski definition) is 2. The Labute approximate surface area is 138 Å². The number of piperidine rings is 1. The SMILES string of the molecule is CS(=O)C1C=CCC(CN2C(=O)NC3(CCNCC3)C2=O)=CC1. The highest BCUT2D eigenvalue weighted by Crippen LogP contribution is 2.28. The molecule has 0 aromatic carbocycles. The van der Waals surface area contributed by atoms with Crippen LogP contribution in [0.4, 0.5) is 4.79 Å². The van der Waals surface area contributed by atoms with Gasteiger partial charge in [-0.25, -0.2) is 4.79 Å². The molecule has 0 radical (unpaired) electrons. The molecule has 0 aromatic rings. The zero-order valence-electron chi connectivity index (χ0n) is 13.3. The van der Waals surface area contributed by atoms with Gasteiger partial charge in [0.15, 0.2) is 0 Å². The van der Waals surface area contributed by atoms with Gasteiger partial charge < -0.3 is 10.6 Å². The number of carbonyl (C=O) groups excluding carboxylic acids is 2. The molecule has 2 N–H and O–H groups in total. The molecule has 2 fully saturated rings. The standard InChI is InChI=1S/C16H23N3O3S/c1-23(22)13-4-2-3-12(5-6-13)11-19-14(20)16(18-15(19)21)7-9-17-10-8-16/h2,4-5,13,17H,3,6-11H2,1H3,(H,18,21). The van der Waals surface area contributed by atoms with Crippen molar-refractivity contribution in [1.29, 1.82) is 0 Å². The first-order valence-corrected chi connectivity index (χ1v) is 9.65. The Morgan fingerprint density at radius 2 is 2.09 bits per heavy atom. The first-order valence-electron chi connectivity index (χ1n) is 8.03. The van der Waals surface area contributed by atoms with E-state index in [0.29, 0.717) is 32.2 Å². The maximum atomic E-state index is 12.7. The summed E-state index contributed by atoms with van der Waals surface area (Å²) in [5.41, 5.74) is 0.320. The van der Waals surface area contributed by atoms with E-state index in [1.54, 1.807) is 6.26 Å². The van der Waals surface area contributed by atoms with Crippen LogP contribution in [0, 0.1) is 0 Å². The molecule has 1 spiro atoms. The molecular formula is C16H23N3O3S.